The molecule has 0 aliphatic rings. The molecule has 2 rings (SSSR count). The molecule has 0 radical (unpaired) electrons. The van der Waals surface area contributed by atoms with Gasteiger partial charge in [0.2, 0.25) is 0 Å². The van der Waals surface area contributed by atoms with Gasteiger partial charge in [-0.1, -0.05) is 49.9 Å². The van der Waals surface area contributed by atoms with E-state index in [9.17, 15) is 19.8 Å². The van der Waals surface area contributed by atoms with E-state index in [0.717, 1.165) is 38.5 Å². The number of carbonyl (C=O) groups excluding carboxylic acids is 2. The van der Waals surface area contributed by atoms with E-state index in [1.165, 1.54) is 48.5 Å². The Balaban J connectivity index is 0.00000420. The second kappa shape index (κ2) is 16.6. The second-order valence-corrected chi connectivity index (χ2v) is 6.44. The Kier molecular flexibility index (Phi) is 16.1. The Morgan fingerprint density at radius 2 is 0.867 bits per heavy atom. The molecule has 6 nitrogen and oxygen atoms in total. The number of esters is 2. The third-order valence-corrected chi connectivity index (χ3v) is 4.19. The van der Waals surface area contributed by atoms with Crippen molar-refractivity contribution >= 4 is 11.9 Å². The molecule has 0 spiro atoms. The molecule has 0 amide bonds. The van der Waals surface area contributed by atoms with Crippen LogP contribution in [0, 0.1) is 0 Å². The van der Waals surface area contributed by atoms with Gasteiger partial charge in [0.25, 0.3) is 0 Å². The molecule has 0 bridgehead atoms. The van der Waals surface area contributed by atoms with E-state index in [2.05, 4.69) is 0 Å². The van der Waals surface area contributed by atoms with E-state index in [4.69, 9.17) is 9.47 Å². The van der Waals surface area contributed by atoms with Gasteiger partial charge in [0, 0.05) is 0 Å². The number of hydrogen-bond donors (Lipinski definition) is 0. The number of benzene rings is 2. The molecule has 0 N–H and O–H groups in total. The summed E-state index contributed by atoms with van der Waals surface area (Å²) in [5, 5.41) is 22.0. The summed E-state index contributed by atoms with van der Waals surface area (Å²) < 4.78 is 10.3. The van der Waals surface area contributed by atoms with Crippen molar-refractivity contribution in [1.29, 1.82) is 0 Å². The van der Waals surface area contributed by atoms with Crippen molar-refractivity contribution in [2.75, 3.05) is 13.2 Å². The summed E-state index contributed by atoms with van der Waals surface area (Å²) in [6, 6.07) is 11.2. The van der Waals surface area contributed by atoms with Crippen LogP contribution in [0.3, 0.4) is 0 Å². The Morgan fingerprint density at radius 3 is 1.20 bits per heavy atom. The van der Waals surface area contributed by atoms with Gasteiger partial charge in [0.1, 0.15) is 0 Å². The van der Waals surface area contributed by atoms with Crippen molar-refractivity contribution in [3.05, 3.63) is 59.7 Å². The molecule has 2 aromatic rings. The molecule has 0 aliphatic heterocycles. The van der Waals surface area contributed by atoms with E-state index in [1.807, 2.05) is 0 Å². The summed E-state index contributed by atoms with van der Waals surface area (Å²) in [6.45, 7) is 0.718. The summed E-state index contributed by atoms with van der Waals surface area (Å²) in [4.78, 5) is 23.5. The zero-order valence-electron chi connectivity index (χ0n) is 17.7. The maximum absolute atomic E-state index is 11.8. The fraction of sp³-hybridized carbons (Fsp3) is 0.364. The number of ether oxygens (including phenoxy) is 2. The summed E-state index contributed by atoms with van der Waals surface area (Å²) in [5.74, 6) is -1.09. The van der Waals surface area contributed by atoms with Crippen LogP contribution in [0.4, 0.5) is 0 Å². The van der Waals surface area contributed by atoms with Gasteiger partial charge >= 0.3 is 71.1 Å². The van der Waals surface area contributed by atoms with Crippen LogP contribution in [-0.2, 0) is 9.47 Å². The van der Waals surface area contributed by atoms with Gasteiger partial charge in [0.15, 0.2) is 0 Å². The molecule has 0 heterocycles. The Labute approximate surface area is 221 Å². The molecule has 2 aromatic carbocycles. The molecule has 150 valence electrons. The molecule has 0 unspecified atom stereocenters. The molecular weight excluding hydrogens is 406 g/mol. The summed E-state index contributed by atoms with van der Waals surface area (Å²) in [6.07, 6.45) is 5.51. The zero-order valence-corrected chi connectivity index (χ0v) is 21.7. The van der Waals surface area contributed by atoms with Gasteiger partial charge < -0.3 is 19.7 Å². The molecular formula is C22H24Na2O6. The van der Waals surface area contributed by atoms with Crippen molar-refractivity contribution in [3.63, 3.8) is 0 Å². The smallest absolute Gasteiger partial charge is 0.872 e. The van der Waals surface area contributed by atoms with Crippen LogP contribution >= 0.6 is 0 Å². The van der Waals surface area contributed by atoms with E-state index in [1.54, 1.807) is 0 Å². The van der Waals surface area contributed by atoms with Gasteiger partial charge in [0.05, 0.1) is 24.3 Å². The first-order valence-corrected chi connectivity index (χ1v) is 9.44. The summed E-state index contributed by atoms with van der Waals surface area (Å²) >= 11 is 0. The molecule has 0 fully saturated rings. The fourth-order valence-electron chi connectivity index (χ4n) is 2.59. The average Bonchev–Trinajstić information content (AvgIpc) is 2.70. The first-order chi connectivity index (χ1) is 13.6. The van der Waals surface area contributed by atoms with Gasteiger partial charge in [-0.2, -0.15) is 0 Å². The molecule has 0 saturated carbocycles. The van der Waals surface area contributed by atoms with E-state index in [-0.39, 0.29) is 70.6 Å². The van der Waals surface area contributed by atoms with Gasteiger partial charge in [-0.3, -0.25) is 0 Å². The first kappa shape index (κ1) is 29.0. The first-order valence-electron chi connectivity index (χ1n) is 9.44. The monoisotopic (exact) mass is 430 g/mol. The van der Waals surface area contributed by atoms with Crippen LogP contribution in [0.25, 0.3) is 0 Å². The minimum Gasteiger partial charge on any atom is -0.872 e. The number of rotatable bonds is 11. The average molecular weight is 430 g/mol. The fourth-order valence-corrected chi connectivity index (χ4v) is 2.59. The third-order valence-electron chi connectivity index (χ3n) is 4.19. The van der Waals surface area contributed by atoms with E-state index >= 15 is 0 Å². The van der Waals surface area contributed by atoms with Gasteiger partial charge in [-0.15, -0.1) is 11.5 Å². The molecule has 0 atom stereocenters. The second-order valence-electron chi connectivity index (χ2n) is 6.44. The number of hydrogen-bond acceptors (Lipinski definition) is 6. The standard InChI is InChI=1S/C22H26O6.2Na/c23-19-11-7-17(8-12-19)21(25)27-15-5-3-1-2-4-6-16-28-22(26)18-9-13-20(24)14-10-18;;/h7-14,23-24H,1-6,15-16H2;;/q;2*+1/p-2. The molecule has 30 heavy (non-hydrogen) atoms. The van der Waals surface area contributed by atoms with Gasteiger partial charge in [-0.05, 0) is 37.1 Å². The van der Waals surface area contributed by atoms with Crippen LogP contribution < -0.4 is 69.3 Å². The molecule has 0 saturated heterocycles. The van der Waals surface area contributed by atoms with Crippen molar-refractivity contribution in [2.45, 2.75) is 38.5 Å². The van der Waals surface area contributed by atoms with Crippen molar-refractivity contribution in [3.8, 4) is 11.5 Å². The van der Waals surface area contributed by atoms with Crippen LogP contribution in [0.1, 0.15) is 59.2 Å². The Bertz CT molecular complexity index is 682. The maximum atomic E-state index is 11.8. The topological polar surface area (TPSA) is 98.7 Å². The van der Waals surface area contributed by atoms with Crippen LogP contribution in [0.5, 0.6) is 11.5 Å². The third kappa shape index (κ3) is 11.4. The van der Waals surface area contributed by atoms with Crippen LogP contribution in [0.15, 0.2) is 48.5 Å². The van der Waals surface area contributed by atoms with Crippen LogP contribution in [-0.4, -0.2) is 25.2 Å². The van der Waals surface area contributed by atoms with E-state index < -0.39 is 11.9 Å². The Morgan fingerprint density at radius 1 is 0.567 bits per heavy atom. The van der Waals surface area contributed by atoms with Crippen LogP contribution in [0.2, 0.25) is 0 Å². The normalized spacial score (nSPS) is 9.73. The summed E-state index contributed by atoms with van der Waals surface area (Å²) in [7, 11) is 0. The number of carbonyl (C=O) groups is 2. The van der Waals surface area contributed by atoms with E-state index in [0.29, 0.717) is 24.3 Å². The van der Waals surface area contributed by atoms with Crippen molar-refractivity contribution < 1.29 is 88.4 Å². The maximum Gasteiger partial charge on any atom is 1.00 e. The minimum atomic E-state index is -0.410. The molecule has 8 heteroatoms. The number of unbranched alkanes of at least 4 members (excludes halogenated alkanes) is 5. The van der Waals surface area contributed by atoms with Gasteiger partial charge in [-0.25, -0.2) is 9.59 Å². The predicted octanol–water partition coefficient (Wildman–Crippen LogP) is -2.80. The van der Waals surface area contributed by atoms with Crippen molar-refractivity contribution in [2.24, 2.45) is 0 Å². The Hall–Kier alpha value is -1.02. The molecule has 0 aliphatic carbocycles. The molecule has 0 aromatic heterocycles. The minimum absolute atomic E-state index is 0. The zero-order chi connectivity index (χ0) is 20.2. The van der Waals surface area contributed by atoms with Crippen molar-refractivity contribution in [1.82, 2.24) is 0 Å². The largest absolute Gasteiger partial charge is 1.00 e. The summed E-state index contributed by atoms with van der Waals surface area (Å²) in [5.41, 5.74) is 0.774. The SMILES string of the molecule is O=C(OCCCCCCCCOC(=O)c1ccc([O-])cc1)c1ccc([O-])cc1.[Na+].[Na+]. The quantitative estimate of drug-likeness (QED) is 0.217. The predicted molar refractivity (Wildman–Crippen MR) is 100 cm³/mol.